The van der Waals surface area contributed by atoms with Crippen molar-refractivity contribution in [2.45, 2.75) is 58.4 Å². The molecule has 1 aliphatic heterocycles. The molecule has 1 saturated carbocycles. The number of nitrogens with two attached hydrogens (primary N) is 1. The summed E-state index contributed by atoms with van der Waals surface area (Å²) in [6, 6.07) is 0.0697. The van der Waals surface area contributed by atoms with E-state index in [9.17, 15) is 4.79 Å². The first-order chi connectivity index (χ1) is 8.08. The van der Waals surface area contributed by atoms with Gasteiger partial charge in [0.2, 0.25) is 5.91 Å². The van der Waals surface area contributed by atoms with Crippen LogP contribution in [0.2, 0.25) is 0 Å². The third-order valence-corrected chi connectivity index (χ3v) is 4.79. The lowest BCUT2D eigenvalue weighted by molar-refractivity contribution is -0.140. The Morgan fingerprint density at radius 3 is 2.82 bits per heavy atom. The number of amides is 1. The zero-order chi connectivity index (χ0) is 12.5. The minimum Gasteiger partial charge on any atom is -0.342 e. The van der Waals surface area contributed by atoms with Crippen LogP contribution in [0.3, 0.4) is 0 Å². The Balaban J connectivity index is 1.97. The van der Waals surface area contributed by atoms with Crippen LogP contribution in [0, 0.1) is 11.3 Å². The van der Waals surface area contributed by atoms with E-state index in [1.54, 1.807) is 0 Å². The van der Waals surface area contributed by atoms with Crippen LogP contribution in [0.1, 0.15) is 52.4 Å². The van der Waals surface area contributed by atoms with Gasteiger partial charge in [-0.15, -0.1) is 0 Å². The first-order valence-electron chi connectivity index (χ1n) is 7.13. The van der Waals surface area contributed by atoms with Gasteiger partial charge in [0.25, 0.3) is 0 Å². The molecule has 3 heteroatoms. The smallest absolute Gasteiger partial charge is 0.230 e. The molecule has 0 spiro atoms. The summed E-state index contributed by atoms with van der Waals surface area (Å²) in [5.74, 6) is 1.05. The fraction of sp³-hybridized carbons (Fsp3) is 0.929. The molecule has 3 unspecified atom stereocenters. The zero-order valence-electron chi connectivity index (χ0n) is 11.2. The number of carbonyl (C=O) groups excluding carboxylic acids is 1. The van der Waals surface area contributed by atoms with Gasteiger partial charge in [-0.25, -0.2) is 0 Å². The highest BCUT2D eigenvalue weighted by Gasteiger charge is 2.46. The number of carbonyl (C=O) groups is 1. The average molecular weight is 238 g/mol. The van der Waals surface area contributed by atoms with Gasteiger partial charge in [0.05, 0.1) is 5.41 Å². The highest BCUT2D eigenvalue weighted by molar-refractivity contribution is 5.83. The molecule has 1 saturated heterocycles. The molecular formula is C14H26N2O. The summed E-state index contributed by atoms with van der Waals surface area (Å²) in [5, 5.41) is 0. The van der Waals surface area contributed by atoms with Crippen molar-refractivity contribution in [2.24, 2.45) is 17.1 Å². The van der Waals surface area contributed by atoms with Crippen LogP contribution in [-0.4, -0.2) is 29.9 Å². The van der Waals surface area contributed by atoms with Gasteiger partial charge in [-0.3, -0.25) is 4.79 Å². The van der Waals surface area contributed by atoms with Gasteiger partial charge in [-0.05, 0) is 38.5 Å². The molecule has 17 heavy (non-hydrogen) atoms. The van der Waals surface area contributed by atoms with Crippen LogP contribution in [0.25, 0.3) is 0 Å². The topological polar surface area (TPSA) is 46.3 Å². The summed E-state index contributed by atoms with van der Waals surface area (Å²) in [6.07, 6.45) is 6.76. The van der Waals surface area contributed by atoms with E-state index in [-0.39, 0.29) is 11.5 Å². The van der Waals surface area contributed by atoms with Crippen LogP contribution in [0.4, 0.5) is 0 Å². The molecule has 1 aliphatic carbocycles. The Morgan fingerprint density at radius 2 is 2.24 bits per heavy atom. The predicted molar refractivity (Wildman–Crippen MR) is 69.5 cm³/mol. The fourth-order valence-corrected chi connectivity index (χ4v) is 3.48. The van der Waals surface area contributed by atoms with Crippen molar-refractivity contribution in [1.29, 1.82) is 0 Å². The highest BCUT2D eigenvalue weighted by Crippen LogP contribution is 2.39. The van der Waals surface area contributed by atoms with E-state index in [4.69, 9.17) is 5.73 Å². The summed E-state index contributed by atoms with van der Waals surface area (Å²) >= 11 is 0. The maximum absolute atomic E-state index is 12.6. The molecule has 2 rings (SSSR count). The van der Waals surface area contributed by atoms with Gasteiger partial charge in [0.15, 0.2) is 0 Å². The standard InChI is InChI=1S/C14H26N2O/c1-3-5-11-7-9-16(10-11)13(17)14(2)8-4-6-12(14)15/h11-12H,3-10,15H2,1-2H3. The molecule has 2 N–H and O–H groups in total. The summed E-state index contributed by atoms with van der Waals surface area (Å²) in [4.78, 5) is 14.7. The molecule has 2 fully saturated rings. The predicted octanol–water partition coefficient (Wildman–Crippen LogP) is 2.15. The first-order valence-corrected chi connectivity index (χ1v) is 7.13. The quantitative estimate of drug-likeness (QED) is 0.819. The molecular weight excluding hydrogens is 212 g/mol. The maximum atomic E-state index is 12.6. The first kappa shape index (κ1) is 12.9. The van der Waals surface area contributed by atoms with E-state index in [2.05, 4.69) is 18.7 Å². The monoisotopic (exact) mass is 238 g/mol. The van der Waals surface area contributed by atoms with Crippen LogP contribution in [-0.2, 0) is 4.79 Å². The largest absolute Gasteiger partial charge is 0.342 e. The van der Waals surface area contributed by atoms with Crippen LogP contribution >= 0.6 is 0 Å². The summed E-state index contributed by atoms with van der Waals surface area (Å²) < 4.78 is 0. The summed E-state index contributed by atoms with van der Waals surface area (Å²) in [6.45, 7) is 6.21. The molecule has 1 heterocycles. The van der Waals surface area contributed by atoms with Crippen molar-refractivity contribution in [3.8, 4) is 0 Å². The Hall–Kier alpha value is -0.570. The van der Waals surface area contributed by atoms with Crippen LogP contribution in [0.15, 0.2) is 0 Å². The molecule has 3 atom stereocenters. The lowest BCUT2D eigenvalue weighted by Crippen LogP contribution is -2.48. The third kappa shape index (κ3) is 2.35. The fourth-order valence-electron chi connectivity index (χ4n) is 3.48. The zero-order valence-corrected chi connectivity index (χ0v) is 11.2. The van der Waals surface area contributed by atoms with Gasteiger partial charge < -0.3 is 10.6 Å². The number of hydrogen-bond acceptors (Lipinski definition) is 2. The van der Waals surface area contributed by atoms with E-state index in [0.717, 1.165) is 38.3 Å². The molecule has 0 bridgehead atoms. The van der Waals surface area contributed by atoms with E-state index in [1.807, 2.05) is 0 Å². The maximum Gasteiger partial charge on any atom is 0.230 e. The Kier molecular flexibility index (Phi) is 3.76. The second-order valence-electron chi connectivity index (χ2n) is 6.11. The molecule has 0 aromatic rings. The van der Waals surface area contributed by atoms with Gasteiger partial charge in [-0.2, -0.15) is 0 Å². The van der Waals surface area contributed by atoms with Gasteiger partial charge in [-0.1, -0.05) is 19.8 Å². The molecule has 1 amide bonds. The van der Waals surface area contributed by atoms with Crippen molar-refractivity contribution in [1.82, 2.24) is 4.90 Å². The highest BCUT2D eigenvalue weighted by atomic mass is 16.2. The Morgan fingerprint density at radius 1 is 1.47 bits per heavy atom. The molecule has 2 aliphatic rings. The Bertz CT molecular complexity index is 292. The second kappa shape index (κ2) is 4.97. The van der Waals surface area contributed by atoms with Gasteiger partial charge >= 0.3 is 0 Å². The lowest BCUT2D eigenvalue weighted by Gasteiger charge is -2.32. The van der Waals surface area contributed by atoms with Crippen molar-refractivity contribution in [2.75, 3.05) is 13.1 Å². The summed E-state index contributed by atoms with van der Waals surface area (Å²) in [5.41, 5.74) is 5.85. The molecule has 0 radical (unpaired) electrons. The summed E-state index contributed by atoms with van der Waals surface area (Å²) in [7, 11) is 0. The van der Waals surface area contributed by atoms with Gasteiger partial charge in [0, 0.05) is 19.1 Å². The minimum atomic E-state index is -0.277. The van der Waals surface area contributed by atoms with Crippen molar-refractivity contribution in [3.05, 3.63) is 0 Å². The minimum absolute atomic E-state index is 0.0697. The normalized spacial score (nSPS) is 37.7. The van der Waals surface area contributed by atoms with E-state index in [0.29, 0.717) is 5.91 Å². The SMILES string of the molecule is CCCC1CCN(C(=O)C2(C)CCCC2N)C1. The number of likely N-dealkylation sites (tertiary alicyclic amines) is 1. The third-order valence-electron chi connectivity index (χ3n) is 4.79. The molecule has 0 aromatic heterocycles. The molecule has 0 aromatic carbocycles. The lowest BCUT2D eigenvalue weighted by atomic mass is 9.83. The van der Waals surface area contributed by atoms with Crippen molar-refractivity contribution < 1.29 is 4.79 Å². The van der Waals surface area contributed by atoms with Crippen LogP contribution < -0.4 is 5.73 Å². The van der Waals surface area contributed by atoms with Crippen molar-refractivity contribution in [3.63, 3.8) is 0 Å². The Labute approximate surface area is 105 Å². The number of rotatable bonds is 3. The van der Waals surface area contributed by atoms with Crippen LogP contribution in [0.5, 0.6) is 0 Å². The van der Waals surface area contributed by atoms with Gasteiger partial charge in [0.1, 0.15) is 0 Å². The molecule has 3 nitrogen and oxygen atoms in total. The van der Waals surface area contributed by atoms with E-state index in [1.165, 1.54) is 19.3 Å². The van der Waals surface area contributed by atoms with E-state index < -0.39 is 0 Å². The van der Waals surface area contributed by atoms with Crippen molar-refractivity contribution >= 4 is 5.91 Å². The second-order valence-corrected chi connectivity index (χ2v) is 6.11. The number of nitrogens with zero attached hydrogens (tertiary/aromatic N) is 1. The average Bonchev–Trinajstić information content (AvgIpc) is 2.88. The molecule has 98 valence electrons. The van der Waals surface area contributed by atoms with E-state index >= 15 is 0 Å². The number of hydrogen-bond donors (Lipinski definition) is 1.